The minimum atomic E-state index is -0.911. The minimum Gasteiger partial charge on any atom is -0.386 e. The Kier molecular flexibility index (Phi) is 4.27. The predicted molar refractivity (Wildman–Crippen MR) is 73.4 cm³/mol. The summed E-state index contributed by atoms with van der Waals surface area (Å²) in [5, 5.41) is 10.0. The number of aliphatic hydroxyl groups is 1. The Morgan fingerprint density at radius 3 is 2.42 bits per heavy atom. The molecular formula is C16H18FNO. The second kappa shape index (κ2) is 5.93. The molecule has 0 aliphatic carbocycles. The number of halogens is 1. The van der Waals surface area contributed by atoms with Crippen molar-refractivity contribution in [3.8, 4) is 0 Å². The number of hydrogen-bond donors (Lipinski definition) is 1. The lowest BCUT2D eigenvalue weighted by molar-refractivity contribution is 0.168. The van der Waals surface area contributed by atoms with Crippen LogP contribution in [0.4, 0.5) is 4.39 Å². The van der Waals surface area contributed by atoms with Crippen molar-refractivity contribution in [1.82, 2.24) is 4.98 Å². The van der Waals surface area contributed by atoms with E-state index in [-0.39, 0.29) is 5.69 Å². The van der Waals surface area contributed by atoms with Gasteiger partial charge in [0.25, 0.3) is 0 Å². The molecule has 100 valence electrons. The fourth-order valence-corrected chi connectivity index (χ4v) is 2.00. The third-order valence-corrected chi connectivity index (χ3v) is 3.18. The van der Waals surface area contributed by atoms with Crippen LogP contribution in [0.15, 0.2) is 42.6 Å². The van der Waals surface area contributed by atoms with Crippen LogP contribution in [-0.4, -0.2) is 10.1 Å². The van der Waals surface area contributed by atoms with E-state index in [1.165, 1.54) is 23.9 Å². The number of rotatable bonds is 4. The molecule has 2 nitrogen and oxygen atoms in total. The lowest BCUT2D eigenvalue weighted by Crippen LogP contribution is -2.06. The summed E-state index contributed by atoms with van der Waals surface area (Å²) in [6.07, 6.45) is 0.946. The molecule has 1 aromatic carbocycles. The molecule has 2 rings (SSSR count). The van der Waals surface area contributed by atoms with Gasteiger partial charge in [0, 0.05) is 12.6 Å². The van der Waals surface area contributed by atoms with Crippen LogP contribution in [0.3, 0.4) is 0 Å². The highest BCUT2D eigenvalue weighted by atomic mass is 19.1. The van der Waals surface area contributed by atoms with Crippen LogP contribution in [0.2, 0.25) is 0 Å². The van der Waals surface area contributed by atoms with Crippen LogP contribution >= 0.6 is 0 Å². The first kappa shape index (κ1) is 13.7. The third kappa shape index (κ3) is 3.38. The second-order valence-corrected chi connectivity index (χ2v) is 4.99. The van der Waals surface area contributed by atoms with Gasteiger partial charge in [-0.1, -0.05) is 38.1 Å². The Bertz CT molecular complexity index is 537. The average Bonchev–Trinajstić information content (AvgIpc) is 2.39. The van der Waals surface area contributed by atoms with Gasteiger partial charge in [0.05, 0.1) is 0 Å². The molecule has 1 unspecified atom stereocenters. The maximum Gasteiger partial charge on any atom is 0.147 e. The highest BCUT2D eigenvalue weighted by molar-refractivity contribution is 5.26. The van der Waals surface area contributed by atoms with Gasteiger partial charge < -0.3 is 5.11 Å². The molecule has 2 aromatic rings. The molecule has 1 aromatic heterocycles. The molecule has 0 aliphatic heterocycles. The van der Waals surface area contributed by atoms with Gasteiger partial charge >= 0.3 is 0 Å². The van der Waals surface area contributed by atoms with Crippen LogP contribution < -0.4 is 0 Å². The van der Waals surface area contributed by atoms with E-state index in [4.69, 9.17) is 0 Å². The Morgan fingerprint density at radius 1 is 1.16 bits per heavy atom. The summed E-state index contributed by atoms with van der Waals surface area (Å²) < 4.78 is 13.5. The number of aliphatic hydroxyl groups excluding tert-OH is 1. The van der Waals surface area contributed by atoms with Crippen molar-refractivity contribution < 1.29 is 9.50 Å². The first-order valence-corrected chi connectivity index (χ1v) is 6.45. The van der Waals surface area contributed by atoms with Gasteiger partial charge in [-0.3, -0.25) is 4.98 Å². The van der Waals surface area contributed by atoms with Crippen molar-refractivity contribution in [2.75, 3.05) is 0 Å². The van der Waals surface area contributed by atoms with E-state index >= 15 is 0 Å². The van der Waals surface area contributed by atoms with Gasteiger partial charge in [-0.05, 0) is 29.2 Å². The van der Waals surface area contributed by atoms with Crippen LogP contribution in [0.25, 0.3) is 0 Å². The first-order chi connectivity index (χ1) is 9.08. The van der Waals surface area contributed by atoms with Crippen molar-refractivity contribution in [3.05, 3.63) is 65.2 Å². The van der Waals surface area contributed by atoms with E-state index in [9.17, 15) is 9.50 Å². The van der Waals surface area contributed by atoms with Crippen LogP contribution in [-0.2, 0) is 6.42 Å². The van der Waals surface area contributed by atoms with Crippen molar-refractivity contribution in [2.24, 2.45) is 0 Å². The van der Waals surface area contributed by atoms with Crippen molar-refractivity contribution in [3.63, 3.8) is 0 Å². The number of aromatic nitrogens is 1. The highest BCUT2D eigenvalue weighted by Crippen LogP contribution is 2.21. The minimum absolute atomic E-state index is 0.107. The number of pyridine rings is 1. The Morgan fingerprint density at radius 2 is 1.84 bits per heavy atom. The zero-order valence-corrected chi connectivity index (χ0v) is 11.2. The van der Waals surface area contributed by atoms with Gasteiger partial charge in [-0.25, -0.2) is 4.39 Å². The summed E-state index contributed by atoms with van der Waals surface area (Å²) in [6, 6.07) is 10.9. The van der Waals surface area contributed by atoms with E-state index in [1.54, 1.807) is 0 Å². The quantitative estimate of drug-likeness (QED) is 0.909. The highest BCUT2D eigenvalue weighted by Gasteiger charge is 2.14. The Hall–Kier alpha value is -1.74. The first-order valence-electron chi connectivity index (χ1n) is 6.45. The second-order valence-electron chi connectivity index (χ2n) is 4.99. The van der Waals surface area contributed by atoms with Gasteiger partial charge in [0.2, 0.25) is 0 Å². The van der Waals surface area contributed by atoms with E-state index in [0.717, 1.165) is 5.56 Å². The van der Waals surface area contributed by atoms with Gasteiger partial charge in [-0.15, -0.1) is 0 Å². The molecule has 1 N–H and O–H groups in total. The van der Waals surface area contributed by atoms with E-state index in [1.807, 2.05) is 24.3 Å². The summed E-state index contributed by atoms with van der Waals surface area (Å²) in [6.45, 7) is 4.26. The number of benzene rings is 1. The Balaban J connectivity index is 2.11. The lowest BCUT2D eigenvalue weighted by Gasteiger charge is -2.12. The normalized spacial score (nSPS) is 12.7. The molecular weight excluding hydrogens is 241 g/mol. The predicted octanol–water partition coefficient (Wildman–Crippen LogP) is 3.62. The summed E-state index contributed by atoms with van der Waals surface area (Å²) in [7, 11) is 0. The molecule has 3 heteroatoms. The maximum absolute atomic E-state index is 13.5. The van der Waals surface area contributed by atoms with Crippen LogP contribution in [0.1, 0.15) is 42.7 Å². The maximum atomic E-state index is 13.5. The Labute approximate surface area is 112 Å². The molecule has 0 aliphatic rings. The van der Waals surface area contributed by atoms with Gasteiger partial charge in [0.15, 0.2) is 0 Å². The fraction of sp³-hybridized carbons (Fsp3) is 0.312. The molecule has 0 radical (unpaired) electrons. The molecule has 1 atom stereocenters. The molecule has 0 saturated carbocycles. The van der Waals surface area contributed by atoms with E-state index in [0.29, 0.717) is 12.3 Å². The molecule has 0 spiro atoms. The summed E-state index contributed by atoms with van der Waals surface area (Å²) in [4.78, 5) is 3.90. The zero-order valence-electron chi connectivity index (χ0n) is 11.2. The lowest BCUT2D eigenvalue weighted by atomic mass is 9.99. The molecule has 19 heavy (non-hydrogen) atoms. The smallest absolute Gasteiger partial charge is 0.147 e. The van der Waals surface area contributed by atoms with Gasteiger partial charge in [-0.2, -0.15) is 0 Å². The monoisotopic (exact) mass is 259 g/mol. The van der Waals surface area contributed by atoms with Crippen molar-refractivity contribution in [1.29, 1.82) is 0 Å². The van der Waals surface area contributed by atoms with Crippen LogP contribution in [0.5, 0.6) is 0 Å². The number of hydrogen-bond acceptors (Lipinski definition) is 2. The summed E-state index contributed by atoms with van der Waals surface area (Å²) >= 11 is 0. The summed E-state index contributed by atoms with van der Waals surface area (Å²) in [5.74, 6) is 0.0148. The topological polar surface area (TPSA) is 33.1 Å². The standard InChI is InChI=1S/C16H18FNO/c1-11(2)13-7-5-12(6-8-13)10-15(19)16-14(17)4-3-9-18-16/h3-9,11,15,19H,10H2,1-2H3. The van der Waals surface area contributed by atoms with Gasteiger partial charge in [0.1, 0.15) is 17.6 Å². The molecule has 0 bridgehead atoms. The molecule has 0 saturated heterocycles. The summed E-state index contributed by atoms with van der Waals surface area (Å²) in [5.41, 5.74) is 2.33. The zero-order chi connectivity index (χ0) is 13.8. The van der Waals surface area contributed by atoms with E-state index < -0.39 is 11.9 Å². The SMILES string of the molecule is CC(C)c1ccc(CC(O)c2ncccc2F)cc1. The average molecular weight is 259 g/mol. The van der Waals surface area contributed by atoms with E-state index in [2.05, 4.69) is 18.8 Å². The third-order valence-electron chi connectivity index (χ3n) is 3.18. The van der Waals surface area contributed by atoms with Crippen molar-refractivity contribution in [2.45, 2.75) is 32.3 Å². The molecule has 0 amide bonds. The largest absolute Gasteiger partial charge is 0.386 e. The fourth-order valence-electron chi connectivity index (χ4n) is 2.00. The molecule has 0 fully saturated rings. The van der Waals surface area contributed by atoms with Crippen LogP contribution in [0, 0.1) is 5.82 Å². The van der Waals surface area contributed by atoms with Crippen molar-refractivity contribution >= 4 is 0 Å². The number of nitrogens with zero attached hydrogens (tertiary/aromatic N) is 1. The molecule has 1 heterocycles.